The van der Waals surface area contributed by atoms with Crippen molar-refractivity contribution in [3.63, 3.8) is 0 Å². The third-order valence-corrected chi connectivity index (χ3v) is 2.14. The zero-order valence-electron chi connectivity index (χ0n) is 8.54. The summed E-state index contributed by atoms with van der Waals surface area (Å²) in [6.07, 6.45) is 1.91. The number of furan rings is 2. The second-order valence-corrected chi connectivity index (χ2v) is 3.15. The summed E-state index contributed by atoms with van der Waals surface area (Å²) < 4.78 is 14.5. The van der Waals surface area contributed by atoms with Crippen LogP contribution in [-0.4, -0.2) is 18.2 Å². The van der Waals surface area contributed by atoms with Gasteiger partial charge in [0.15, 0.2) is 0 Å². The van der Waals surface area contributed by atoms with Crippen LogP contribution in [-0.2, 0) is 4.74 Å². The standard InChI is InChI=1S/C11H10O5/c1-14-11(13)9-3-2-8(16-9)10(12)7-4-5-15-6-7/h2-6,10,12H,1H3. The van der Waals surface area contributed by atoms with Crippen molar-refractivity contribution in [3.8, 4) is 0 Å². The van der Waals surface area contributed by atoms with E-state index in [1.54, 1.807) is 6.07 Å². The number of carbonyl (C=O) groups excluding carboxylic acids is 1. The average Bonchev–Trinajstić information content (AvgIpc) is 2.97. The fraction of sp³-hybridized carbons (Fsp3) is 0.182. The molecule has 1 unspecified atom stereocenters. The number of carbonyl (C=O) groups is 1. The Hall–Kier alpha value is -2.01. The van der Waals surface area contributed by atoms with Gasteiger partial charge in [0.25, 0.3) is 0 Å². The molecule has 2 rings (SSSR count). The second kappa shape index (κ2) is 4.24. The largest absolute Gasteiger partial charge is 0.472 e. The summed E-state index contributed by atoms with van der Waals surface area (Å²) in [6.45, 7) is 0. The van der Waals surface area contributed by atoms with Gasteiger partial charge in [-0.25, -0.2) is 4.79 Å². The molecule has 5 heteroatoms. The number of aliphatic hydroxyl groups is 1. The molecule has 0 aliphatic rings. The molecule has 0 saturated carbocycles. The Morgan fingerprint density at radius 1 is 1.44 bits per heavy atom. The highest BCUT2D eigenvalue weighted by Crippen LogP contribution is 2.24. The van der Waals surface area contributed by atoms with Gasteiger partial charge >= 0.3 is 5.97 Å². The predicted molar refractivity (Wildman–Crippen MR) is 52.8 cm³/mol. The third kappa shape index (κ3) is 1.85. The van der Waals surface area contributed by atoms with Gasteiger partial charge < -0.3 is 18.7 Å². The lowest BCUT2D eigenvalue weighted by molar-refractivity contribution is 0.0558. The molecule has 0 bridgehead atoms. The highest BCUT2D eigenvalue weighted by molar-refractivity contribution is 5.86. The van der Waals surface area contributed by atoms with E-state index in [1.165, 1.54) is 31.8 Å². The fourth-order valence-corrected chi connectivity index (χ4v) is 1.30. The molecule has 84 valence electrons. The number of methoxy groups -OCH3 is 1. The molecule has 16 heavy (non-hydrogen) atoms. The van der Waals surface area contributed by atoms with E-state index in [4.69, 9.17) is 8.83 Å². The van der Waals surface area contributed by atoms with E-state index >= 15 is 0 Å². The summed E-state index contributed by atoms with van der Waals surface area (Å²) in [5.41, 5.74) is 0.561. The van der Waals surface area contributed by atoms with E-state index < -0.39 is 12.1 Å². The molecule has 0 aliphatic heterocycles. The summed E-state index contributed by atoms with van der Waals surface area (Å²) in [7, 11) is 1.26. The topological polar surface area (TPSA) is 72.8 Å². The lowest BCUT2D eigenvalue weighted by Gasteiger charge is -2.03. The predicted octanol–water partition coefficient (Wildman–Crippen LogP) is 1.74. The van der Waals surface area contributed by atoms with Crippen LogP contribution in [0.2, 0.25) is 0 Å². The molecule has 0 spiro atoms. The van der Waals surface area contributed by atoms with Crippen molar-refractivity contribution in [2.75, 3.05) is 7.11 Å². The van der Waals surface area contributed by atoms with Crippen LogP contribution in [0.15, 0.2) is 39.6 Å². The van der Waals surface area contributed by atoms with Crippen molar-refractivity contribution >= 4 is 5.97 Å². The molecule has 2 heterocycles. The lowest BCUT2D eigenvalue weighted by atomic mass is 10.1. The molecule has 0 saturated heterocycles. The van der Waals surface area contributed by atoms with Gasteiger partial charge in [-0.1, -0.05) is 0 Å². The van der Waals surface area contributed by atoms with E-state index in [0.29, 0.717) is 5.56 Å². The summed E-state index contributed by atoms with van der Waals surface area (Å²) >= 11 is 0. The molecule has 0 amide bonds. The molecule has 0 aromatic carbocycles. The first-order valence-corrected chi connectivity index (χ1v) is 4.60. The van der Waals surface area contributed by atoms with Crippen LogP contribution in [0, 0.1) is 0 Å². The zero-order valence-corrected chi connectivity index (χ0v) is 8.54. The minimum absolute atomic E-state index is 0.0556. The van der Waals surface area contributed by atoms with Crippen LogP contribution in [0.3, 0.4) is 0 Å². The Morgan fingerprint density at radius 2 is 2.25 bits per heavy atom. The molecule has 5 nitrogen and oxygen atoms in total. The van der Waals surface area contributed by atoms with Gasteiger partial charge in [-0.15, -0.1) is 0 Å². The van der Waals surface area contributed by atoms with E-state index in [9.17, 15) is 9.90 Å². The molecule has 2 aromatic rings. The summed E-state index contributed by atoms with van der Waals surface area (Å²) in [5.74, 6) is -0.257. The van der Waals surface area contributed by atoms with Gasteiger partial charge in [-0.05, 0) is 18.2 Å². The summed E-state index contributed by atoms with van der Waals surface area (Å²) in [4.78, 5) is 11.1. The first-order valence-electron chi connectivity index (χ1n) is 4.60. The van der Waals surface area contributed by atoms with Crippen LogP contribution >= 0.6 is 0 Å². The first-order chi connectivity index (χ1) is 7.72. The van der Waals surface area contributed by atoms with Gasteiger partial charge in [0.1, 0.15) is 11.9 Å². The van der Waals surface area contributed by atoms with Crippen molar-refractivity contribution in [2.24, 2.45) is 0 Å². The Balaban J connectivity index is 2.22. The molecule has 1 atom stereocenters. The van der Waals surface area contributed by atoms with Crippen molar-refractivity contribution < 1.29 is 23.5 Å². The number of ether oxygens (including phenoxy) is 1. The SMILES string of the molecule is COC(=O)c1ccc(C(O)c2ccoc2)o1. The lowest BCUT2D eigenvalue weighted by Crippen LogP contribution is -1.99. The van der Waals surface area contributed by atoms with E-state index in [2.05, 4.69) is 4.74 Å². The van der Waals surface area contributed by atoms with Crippen LogP contribution in [0.5, 0.6) is 0 Å². The summed E-state index contributed by atoms with van der Waals surface area (Å²) in [5, 5.41) is 9.84. The zero-order chi connectivity index (χ0) is 11.5. The highest BCUT2D eigenvalue weighted by atomic mass is 16.5. The molecule has 0 fully saturated rings. The van der Waals surface area contributed by atoms with Crippen LogP contribution in [0.1, 0.15) is 28.0 Å². The quantitative estimate of drug-likeness (QED) is 0.801. The Bertz CT molecular complexity index is 468. The van der Waals surface area contributed by atoms with Crippen molar-refractivity contribution in [3.05, 3.63) is 47.8 Å². The van der Waals surface area contributed by atoms with Crippen molar-refractivity contribution in [1.29, 1.82) is 0 Å². The maximum Gasteiger partial charge on any atom is 0.373 e. The smallest absolute Gasteiger partial charge is 0.373 e. The van der Waals surface area contributed by atoms with Gasteiger partial charge in [0, 0.05) is 5.56 Å². The molecular formula is C11H10O5. The number of esters is 1. The third-order valence-electron chi connectivity index (χ3n) is 2.14. The number of hydrogen-bond donors (Lipinski definition) is 1. The average molecular weight is 222 g/mol. The van der Waals surface area contributed by atoms with Crippen molar-refractivity contribution in [2.45, 2.75) is 6.10 Å². The van der Waals surface area contributed by atoms with E-state index in [1.807, 2.05) is 0 Å². The highest BCUT2D eigenvalue weighted by Gasteiger charge is 2.18. The molecule has 0 aliphatic carbocycles. The summed E-state index contributed by atoms with van der Waals surface area (Å²) in [6, 6.07) is 4.58. The van der Waals surface area contributed by atoms with Gasteiger partial charge in [-0.3, -0.25) is 0 Å². The van der Waals surface area contributed by atoms with Crippen LogP contribution in [0.4, 0.5) is 0 Å². The Labute approximate surface area is 91.2 Å². The minimum atomic E-state index is -0.947. The number of hydrogen-bond acceptors (Lipinski definition) is 5. The maximum atomic E-state index is 11.1. The van der Waals surface area contributed by atoms with E-state index in [-0.39, 0.29) is 11.5 Å². The number of rotatable bonds is 3. The fourth-order valence-electron chi connectivity index (χ4n) is 1.30. The van der Waals surface area contributed by atoms with E-state index in [0.717, 1.165) is 0 Å². The molecule has 0 radical (unpaired) electrons. The van der Waals surface area contributed by atoms with Crippen LogP contribution in [0.25, 0.3) is 0 Å². The van der Waals surface area contributed by atoms with Crippen LogP contribution < -0.4 is 0 Å². The first kappa shape index (κ1) is 10.5. The number of aliphatic hydroxyl groups excluding tert-OH is 1. The molecular weight excluding hydrogens is 212 g/mol. The van der Waals surface area contributed by atoms with Crippen molar-refractivity contribution in [1.82, 2.24) is 0 Å². The normalized spacial score (nSPS) is 12.4. The van der Waals surface area contributed by atoms with Gasteiger partial charge in [-0.2, -0.15) is 0 Å². The minimum Gasteiger partial charge on any atom is -0.472 e. The van der Waals surface area contributed by atoms with Gasteiger partial charge in [0.05, 0.1) is 19.6 Å². The molecule has 2 aromatic heterocycles. The second-order valence-electron chi connectivity index (χ2n) is 3.15. The van der Waals surface area contributed by atoms with Gasteiger partial charge in [0.2, 0.25) is 5.76 Å². The Morgan fingerprint density at radius 3 is 2.88 bits per heavy atom. The molecule has 1 N–H and O–H groups in total. The monoisotopic (exact) mass is 222 g/mol. The maximum absolute atomic E-state index is 11.1. The Kier molecular flexibility index (Phi) is 2.78.